The fourth-order valence-electron chi connectivity index (χ4n) is 14.3. The first-order chi connectivity index (χ1) is 50.3. The van der Waals surface area contributed by atoms with E-state index >= 15 is 0 Å². The first-order valence-corrected chi connectivity index (χ1v) is 42.4. The third-order valence-corrected chi connectivity index (χ3v) is 21.1. The summed E-state index contributed by atoms with van der Waals surface area (Å²) in [5.74, 6) is -0.281. The first-order valence-electron chi connectivity index (χ1n) is 42.4. The van der Waals surface area contributed by atoms with Gasteiger partial charge in [-0.25, -0.2) is 0 Å². The van der Waals surface area contributed by atoms with Crippen LogP contribution in [0.3, 0.4) is 0 Å². The largest absolute Gasteiger partial charge is 0.394 e. The number of hydrogen-bond acceptors (Lipinski definition) is 18. The second kappa shape index (κ2) is 64.6. The molecule has 17 unspecified atom stereocenters. The summed E-state index contributed by atoms with van der Waals surface area (Å²) in [6.07, 6.45) is 55.4. The van der Waals surface area contributed by atoms with Crippen molar-refractivity contribution >= 4 is 5.91 Å². The molecule has 0 aromatic carbocycles. The molecule has 0 aromatic heterocycles. The lowest BCUT2D eigenvalue weighted by molar-refractivity contribution is -0.379. The van der Waals surface area contributed by atoms with Crippen molar-refractivity contribution in [1.29, 1.82) is 0 Å². The molecular weight excluding hydrogens is 1310 g/mol. The van der Waals surface area contributed by atoms with Gasteiger partial charge in [0, 0.05) is 6.42 Å². The molecule has 103 heavy (non-hydrogen) atoms. The second-order valence-corrected chi connectivity index (χ2v) is 30.3. The van der Waals surface area contributed by atoms with E-state index in [-0.39, 0.29) is 18.9 Å². The molecule has 1 amide bonds. The summed E-state index contributed by atoms with van der Waals surface area (Å²) in [6, 6.07) is -0.993. The summed E-state index contributed by atoms with van der Waals surface area (Å²) in [7, 11) is 0. The van der Waals surface area contributed by atoms with Gasteiger partial charge < -0.3 is 89.9 Å². The van der Waals surface area contributed by atoms with Crippen LogP contribution in [0.1, 0.15) is 348 Å². The van der Waals surface area contributed by atoms with E-state index in [1.54, 1.807) is 6.08 Å². The minimum Gasteiger partial charge on any atom is -0.394 e. The molecule has 0 saturated carbocycles. The number of aliphatic hydroxyl groups is 11. The van der Waals surface area contributed by atoms with Gasteiger partial charge in [-0.15, -0.1) is 0 Å². The van der Waals surface area contributed by atoms with Gasteiger partial charge in [-0.2, -0.15) is 0 Å². The molecule has 0 bridgehead atoms. The highest BCUT2D eigenvalue weighted by molar-refractivity contribution is 5.76. The van der Waals surface area contributed by atoms with Crippen LogP contribution in [-0.4, -0.2) is 193 Å². The van der Waals surface area contributed by atoms with Crippen molar-refractivity contribution in [3.05, 3.63) is 48.6 Å². The lowest BCUT2D eigenvalue weighted by Crippen LogP contribution is -2.66. The Kier molecular flexibility index (Phi) is 59.5. The standard InChI is InChI=1S/C84H155NO18/c1-3-5-7-9-11-13-15-17-19-21-23-25-27-29-31-32-33-34-36-37-39-41-43-45-47-49-51-53-55-57-59-61-68(89)67(85-72(90)62-60-58-56-54-52-50-48-46-44-42-40-38-35-30-28-26-24-22-20-18-16-14-12-10-8-6-4-2)66-98-82-78(96)75(93)80(70(64-87)100-82)103-84-79(97)76(94)81(71(65-88)101-84)102-83-77(95)74(92)73(91)69(63-86)99-83/h16,18,22,24,51,53,59,61,67-71,73-84,86-89,91-97H,3-15,17,19-21,23,25-50,52,54-58,60,62-66H2,1-2H3,(H,85,90)/b18-16-,24-22-,53-51+,61-59+. The molecule has 3 heterocycles. The molecule has 3 saturated heterocycles. The van der Waals surface area contributed by atoms with Crippen molar-refractivity contribution in [3.8, 4) is 0 Å². The van der Waals surface area contributed by atoms with E-state index in [4.69, 9.17) is 28.4 Å². The molecule has 3 rings (SSSR count). The van der Waals surface area contributed by atoms with E-state index in [1.807, 2.05) is 6.08 Å². The Hall–Kier alpha value is -2.25. The summed E-state index contributed by atoms with van der Waals surface area (Å²) in [4.78, 5) is 13.5. The highest BCUT2D eigenvalue weighted by Crippen LogP contribution is 2.33. The van der Waals surface area contributed by atoms with E-state index in [0.717, 1.165) is 44.9 Å². The Morgan fingerprint density at radius 2 is 0.650 bits per heavy atom. The van der Waals surface area contributed by atoms with Crippen LogP contribution < -0.4 is 5.32 Å². The number of carbonyl (C=O) groups is 1. The van der Waals surface area contributed by atoms with Gasteiger partial charge in [-0.1, -0.05) is 326 Å². The molecule has 19 heteroatoms. The summed E-state index contributed by atoms with van der Waals surface area (Å²) in [5, 5.41) is 121. The van der Waals surface area contributed by atoms with Crippen LogP contribution >= 0.6 is 0 Å². The average molecular weight is 1470 g/mol. The molecular formula is C84H155NO18. The Morgan fingerprint density at radius 1 is 0.350 bits per heavy atom. The fourth-order valence-corrected chi connectivity index (χ4v) is 14.3. The number of amides is 1. The number of hydrogen-bond donors (Lipinski definition) is 12. The highest BCUT2D eigenvalue weighted by Gasteiger charge is 2.54. The fraction of sp³-hybridized carbons (Fsp3) is 0.893. The number of unbranched alkanes of at least 4 members (excludes halogenated alkanes) is 46. The zero-order chi connectivity index (χ0) is 74.6. The third kappa shape index (κ3) is 44.3. The van der Waals surface area contributed by atoms with Gasteiger partial charge in [0.1, 0.15) is 73.2 Å². The van der Waals surface area contributed by atoms with Gasteiger partial charge in [0.15, 0.2) is 18.9 Å². The zero-order valence-corrected chi connectivity index (χ0v) is 64.8. The van der Waals surface area contributed by atoms with E-state index < -0.39 is 124 Å². The molecule has 19 nitrogen and oxygen atoms in total. The molecule has 0 spiro atoms. The van der Waals surface area contributed by atoms with E-state index in [0.29, 0.717) is 12.8 Å². The van der Waals surface area contributed by atoms with Crippen molar-refractivity contribution in [3.63, 3.8) is 0 Å². The molecule has 12 N–H and O–H groups in total. The average Bonchev–Trinajstić information content (AvgIpc) is 0.781. The quantitative estimate of drug-likeness (QED) is 0.0199. The number of carbonyl (C=O) groups excluding carboxylic acids is 1. The highest BCUT2D eigenvalue weighted by atomic mass is 16.8. The molecule has 3 aliphatic heterocycles. The monoisotopic (exact) mass is 1470 g/mol. The lowest BCUT2D eigenvalue weighted by Gasteiger charge is -2.48. The topological polar surface area (TPSA) is 307 Å². The number of ether oxygens (including phenoxy) is 6. The number of aliphatic hydroxyl groups excluding tert-OH is 11. The summed E-state index contributed by atoms with van der Waals surface area (Å²) < 4.78 is 34.5. The second-order valence-electron chi connectivity index (χ2n) is 30.3. The van der Waals surface area contributed by atoms with Crippen molar-refractivity contribution < 1.29 is 89.4 Å². The zero-order valence-electron chi connectivity index (χ0n) is 64.8. The van der Waals surface area contributed by atoms with Gasteiger partial charge in [0.05, 0.1) is 38.6 Å². The summed E-state index contributed by atoms with van der Waals surface area (Å²) >= 11 is 0. The summed E-state index contributed by atoms with van der Waals surface area (Å²) in [6.45, 7) is 1.76. The van der Waals surface area contributed by atoms with E-state index in [1.165, 1.54) is 270 Å². The summed E-state index contributed by atoms with van der Waals surface area (Å²) in [5.41, 5.74) is 0. The van der Waals surface area contributed by atoms with Gasteiger partial charge in [0.2, 0.25) is 5.91 Å². The Bertz CT molecular complexity index is 2050. The van der Waals surface area contributed by atoms with Gasteiger partial charge in [0.25, 0.3) is 0 Å². The number of allylic oxidation sites excluding steroid dienone is 7. The number of nitrogens with one attached hydrogen (secondary N) is 1. The van der Waals surface area contributed by atoms with E-state index in [9.17, 15) is 61.0 Å². The third-order valence-electron chi connectivity index (χ3n) is 21.1. The normalized spacial score (nSPS) is 26.2. The maximum atomic E-state index is 13.5. The van der Waals surface area contributed by atoms with Crippen LogP contribution in [0.4, 0.5) is 0 Å². The van der Waals surface area contributed by atoms with Gasteiger partial charge in [-0.3, -0.25) is 4.79 Å². The molecule has 0 aliphatic carbocycles. The Labute approximate surface area is 624 Å². The molecule has 0 radical (unpaired) electrons. The molecule has 3 aliphatic rings. The van der Waals surface area contributed by atoms with Crippen molar-refractivity contribution in [2.75, 3.05) is 26.4 Å². The van der Waals surface area contributed by atoms with Crippen LogP contribution in [0.2, 0.25) is 0 Å². The minimum absolute atomic E-state index is 0.236. The van der Waals surface area contributed by atoms with Crippen LogP contribution in [0.15, 0.2) is 48.6 Å². The first kappa shape index (κ1) is 95.0. The maximum Gasteiger partial charge on any atom is 0.220 e. The Balaban J connectivity index is 1.37. The van der Waals surface area contributed by atoms with Crippen LogP contribution in [0.5, 0.6) is 0 Å². The van der Waals surface area contributed by atoms with Gasteiger partial charge >= 0.3 is 0 Å². The molecule has 0 aromatic rings. The van der Waals surface area contributed by atoms with Crippen molar-refractivity contribution in [2.24, 2.45) is 0 Å². The van der Waals surface area contributed by atoms with Crippen molar-refractivity contribution in [2.45, 2.75) is 452 Å². The molecule has 3 fully saturated rings. The van der Waals surface area contributed by atoms with Crippen LogP contribution in [-0.2, 0) is 33.2 Å². The predicted molar refractivity (Wildman–Crippen MR) is 411 cm³/mol. The van der Waals surface area contributed by atoms with E-state index in [2.05, 4.69) is 55.6 Å². The Morgan fingerprint density at radius 3 is 1.03 bits per heavy atom. The maximum absolute atomic E-state index is 13.5. The minimum atomic E-state index is -1.98. The van der Waals surface area contributed by atoms with Crippen LogP contribution in [0.25, 0.3) is 0 Å². The predicted octanol–water partition coefficient (Wildman–Crippen LogP) is 14.8. The van der Waals surface area contributed by atoms with Gasteiger partial charge in [-0.05, 0) is 64.2 Å². The molecule has 17 atom stereocenters. The SMILES string of the molecule is CCCCCCC/C=C\C/C=C\CCCCCCCCCCCCCCCCCC(=O)NC(COC1OC(CO)C(OC2OC(CO)C(OC3OC(CO)C(O)C(O)C3O)C(O)C2O)C(O)C1O)C(O)/C=C/CC/C=C/CCCCCCCCCCCCCCCCCCCCCCCCCCC. The molecule has 604 valence electrons. The smallest absolute Gasteiger partial charge is 0.220 e. The van der Waals surface area contributed by atoms with Crippen LogP contribution in [0, 0.1) is 0 Å². The number of rotatable bonds is 68. The van der Waals surface area contributed by atoms with Crippen molar-refractivity contribution in [1.82, 2.24) is 5.32 Å². The lowest BCUT2D eigenvalue weighted by atomic mass is 9.96.